The van der Waals surface area contributed by atoms with Crippen LogP contribution < -0.4 is 0 Å². The molecule has 74 valence electrons. The first-order valence-electron chi connectivity index (χ1n) is 4.65. The van der Waals surface area contributed by atoms with Gasteiger partial charge in [-0.25, -0.2) is 4.79 Å². The van der Waals surface area contributed by atoms with E-state index in [1.165, 1.54) is 0 Å². The number of aryl methyl sites for hydroxylation is 1. The summed E-state index contributed by atoms with van der Waals surface area (Å²) in [6.45, 7) is 3.99. The van der Waals surface area contributed by atoms with E-state index in [0.29, 0.717) is 5.56 Å². The minimum Gasteiger partial charge on any atom is -0.478 e. The van der Waals surface area contributed by atoms with E-state index < -0.39 is 5.97 Å². The van der Waals surface area contributed by atoms with Gasteiger partial charge in [0, 0.05) is 0 Å². The van der Waals surface area contributed by atoms with Gasteiger partial charge in [-0.05, 0) is 36.6 Å². The highest BCUT2D eigenvalue weighted by Gasteiger charge is 2.03. The largest absolute Gasteiger partial charge is 0.478 e. The Labute approximate surface area is 83.9 Å². The van der Waals surface area contributed by atoms with Gasteiger partial charge in [0.1, 0.15) is 0 Å². The Morgan fingerprint density at radius 3 is 2.71 bits per heavy atom. The summed E-state index contributed by atoms with van der Waals surface area (Å²) < 4.78 is 0. The summed E-state index contributed by atoms with van der Waals surface area (Å²) in [4.78, 5) is 10.7. The van der Waals surface area contributed by atoms with Crippen LogP contribution in [0.2, 0.25) is 0 Å². The van der Waals surface area contributed by atoms with E-state index in [2.05, 4.69) is 13.0 Å². The molecule has 0 saturated carbocycles. The zero-order chi connectivity index (χ0) is 10.6. The maximum atomic E-state index is 10.7. The molecule has 0 unspecified atom stereocenters. The lowest BCUT2D eigenvalue weighted by Gasteiger charge is -2.01. The number of rotatable bonds is 3. The highest BCUT2D eigenvalue weighted by Crippen LogP contribution is 2.13. The van der Waals surface area contributed by atoms with Crippen molar-refractivity contribution in [3.8, 4) is 0 Å². The molecule has 0 aliphatic heterocycles. The molecule has 1 aromatic rings. The molecule has 0 radical (unpaired) electrons. The fourth-order valence-corrected chi connectivity index (χ4v) is 1.24. The number of benzene rings is 1. The van der Waals surface area contributed by atoms with Gasteiger partial charge in [0.15, 0.2) is 0 Å². The number of hydrogen-bond donors (Lipinski definition) is 1. The molecule has 0 aliphatic rings. The summed E-state index contributed by atoms with van der Waals surface area (Å²) >= 11 is 0. The van der Waals surface area contributed by atoms with Crippen molar-refractivity contribution in [3.63, 3.8) is 0 Å². The predicted octanol–water partition coefficient (Wildman–Crippen LogP) is 3.12. The molecule has 0 saturated heterocycles. The van der Waals surface area contributed by atoms with Crippen LogP contribution in [-0.2, 0) is 0 Å². The number of carboxylic acid groups (broad SMARTS) is 1. The van der Waals surface area contributed by atoms with Gasteiger partial charge in [0.2, 0.25) is 0 Å². The average molecular weight is 190 g/mol. The maximum absolute atomic E-state index is 10.7. The van der Waals surface area contributed by atoms with Crippen molar-refractivity contribution in [2.45, 2.75) is 20.3 Å². The lowest BCUT2D eigenvalue weighted by molar-refractivity contribution is 0.0697. The summed E-state index contributed by atoms with van der Waals surface area (Å²) in [6.07, 6.45) is 5.06. The lowest BCUT2D eigenvalue weighted by Crippen LogP contribution is -1.96. The second-order valence-corrected chi connectivity index (χ2v) is 3.19. The third kappa shape index (κ3) is 2.46. The average Bonchev–Trinajstić information content (AvgIpc) is 2.15. The molecule has 1 N–H and O–H groups in total. The number of carbonyl (C=O) groups is 1. The van der Waals surface area contributed by atoms with Crippen molar-refractivity contribution in [2.75, 3.05) is 0 Å². The fraction of sp³-hybridized carbons (Fsp3) is 0.250. The Balaban J connectivity index is 3.01. The Kier molecular flexibility index (Phi) is 3.46. The Morgan fingerprint density at radius 1 is 1.50 bits per heavy atom. The van der Waals surface area contributed by atoms with Crippen molar-refractivity contribution in [1.29, 1.82) is 0 Å². The first-order valence-corrected chi connectivity index (χ1v) is 4.65. The molecule has 14 heavy (non-hydrogen) atoms. The van der Waals surface area contributed by atoms with E-state index in [-0.39, 0.29) is 0 Å². The number of hydrogen-bond acceptors (Lipinski definition) is 1. The number of aromatic carboxylic acids is 1. The molecule has 0 fully saturated rings. The van der Waals surface area contributed by atoms with Crippen LogP contribution in [0.1, 0.15) is 34.8 Å². The molecule has 0 atom stereocenters. The lowest BCUT2D eigenvalue weighted by atomic mass is 10.0. The fourth-order valence-electron chi connectivity index (χ4n) is 1.24. The molecule has 0 aromatic heterocycles. The van der Waals surface area contributed by atoms with E-state index in [0.717, 1.165) is 17.5 Å². The topological polar surface area (TPSA) is 37.3 Å². The van der Waals surface area contributed by atoms with E-state index in [4.69, 9.17) is 5.11 Å². The van der Waals surface area contributed by atoms with Gasteiger partial charge in [-0.1, -0.05) is 25.1 Å². The van der Waals surface area contributed by atoms with Crippen molar-refractivity contribution in [2.24, 2.45) is 0 Å². The first-order chi connectivity index (χ1) is 6.65. The van der Waals surface area contributed by atoms with E-state index in [1.54, 1.807) is 12.1 Å². The van der Waals surface area contributed by atoms with Gasteiger partial charge in [-0.3, -0.25) is 0 Å². The van der Waals surface area contributed by atoms with E-state index in [1.807, 2.05) is 19.1 Å². The van der Waals surface area contributed by atoms with Crippen molar-refractivity contribution in [1.82, 2.24) is 0 Å². The van der Waals surface area contributed by atoms with Crippen LogP contribution in [0, 0.1) is 6.92 Å². The maximum Gasteiger partial charge on any atom is 0.335 e. The molecule has 0 spiro atoms. The van der Waals surface area contributed by atoms with E-state index >= 15 is 0 Å². The van der Waals surface area contributed by atoms with Gasteiger partial charge in [0.25, 0.3) is 0 Å². The first kappa shape index (κ1) is 10.5. The minimum atomic E-state index is -0.876. The van der Waals surface area contributed by atoms with Crippen LogP contribution in [0.25, 0.3) is 6.08 Å². The molecule has 1 aromatic carbocycles. The molecule has 0 amide bonds. The van der Waals surface area contributed by atoms with Crippen LogP contribution in [0.5, 0.6) is 0 Å². The quantitative estimate of drug-likeness (QED) is 0.795. The summed E-state index contributed by atoms with van der Waals surface area (Å²) in [7, 11) is 0. The highest BCUT2D eigenvalue weighted by atomic mass is 16.4. The normalized spacial score (nSPS) is 10.7. The molecule has 0 heterocycles. The van der Waals surface area contributed by atoms with Gasteiger partial charge < -0.3 is 5.11 Å². The van der Waals surface area contributed by atoms with Crippen LogP contribution in [0.4, 0.5) is 0 Å². The molecular formula is C12H14O2. The minimum absolute atomic E-state index is 0.344. The van der Waals surface area contributed by atoms with E-state index in [9.17, 15) is 4.79 Å². The highest BCUT2D eigenvalue weighted by molar-refractivity contribution is 5.88. The smallest absolute Gasteiger partial charge is 0.335 e. The van der Waals surface area contributed by atoms with Crippen molar-refractivity contribution in [3.05, 3.63) is 41.0 Å². The standard InChI is InChI=1S/C12H14O2/c1-3-4-5-10-6-7-11(12(13)14)8-9(10)2/h4-8H,3H2,1-2H3,(H,13,14). The number of allylic oxidation sites excluding steroid dienone is 1. The van der Waals surface area contributed by atoms with Gasteiger partial charge in [-0.2, -0.15) is 0 Å². The Bertz CT molecular complexity index is 365. The zero-order valence-corrected chi connectivity index (χ0v) is 8.45. The summed E-state index contributed by atoms with van der Waals surface area (Å²) in [6, 6.07) is 5.16. The summed E-state index contributed by atoms with van der Waals surface area (Å²) in [5.41, 5.74) is 2.42. The van der Waals surface area contributed by atoms with Crippen LogP contribution in [0.15, 0.2) is 24.3 Å². The predicted molar refractivity (Wildman–Crippen MR) is 57.5 cm³/mol. The molecule has 2 nitrogen and oxygen atoms in total. The van der Waals surface area contributed by atoms with Gasteiger partial charge in [0.05, 0.1) is 5.56 Å². The molecule has 0 aliphatic carbocycles. The SMILES string of the molecule is CCC=Cc1ccc(C(=O)O)cc1C. The Hall–Kier alpha value is -1.57. The van der Waals surface area contributed by atoms with Crippen LogP contribution >= 0.6 is 0 Å². The van der Waals surface area contributed by atoms with Crippen LogP contribution in [0.3, 0.4) is 0 Å². The van der Waals surface area contributed by atoms with Crippen molar-refractivity contribution >= 4 is 12.0 Å². The zero-order valence-electron chi connectivity index (χ0n) is 8.45. The Morgan fingerprint density at radius 2 is 2.21 bits per heavy atom. The third-order valence-corrected chi connectivity index (χ3v) is 2.05. The molecule has 2 heteroatoms. The van der Waals surface area contributed by atoms with Gasteiger partial charge >= 0.3 is 5.97 Å². The monoisotopic (exact) mass is 190 g/mol. The van der Waals surface area contributed by atoms with Crippen molar-refractivity contribution < 1.29 is 9.90 Å². The summed E-state index contributed by atoms with van der Waals surface area (Å²) in [5.74, 6) is -0.876. The number of carboxylic acids is 1. The second-order valence-electron chi connectivity index (χ2n) is 3.19. The molecular weight excluding hydrogens is 176 g/mol. The summed E-state index contributed by atoms with van der Waals surface area (Å²) in [5, 5.41) is 8.76. The molecule has 1 rings (SSSR count). The third-order valence-electron chi connectivity index (χ3n) is 2.05. The molecule has 0 bridgehead atoms. The van der Waals surface area contributed by atoms with Gasteiger partial charge in [-0.15, -0.1) is 0 Å². The second kappa shape index (κ2) is 4.61. The van der Waals surface area contributed by atoms with Crippen LogP contribution in [-0.4, -0.2) is 11.1 Å².